The summed E-state index contributed by atoms with van der Waals surface area (Å²) in [5.41, 5.74) is 2.74. The summed E-state index contributed by atoms with van der Waals surface area (Å²) in [5.74, 6) is -1.10. The van der Waals surface area contributed by atoms with Crippen molar-refractivity contribution >= 4 is 23.2 Å². The number of nitrogens with one attached hydrogen (secondary N) is 1. The lowest BCUT2D eigenvalue weighted by molar-refractivity contribution is -0.149. The fraction of sp³-hybridized carbons (Fsp3) is 0.643. The molecule has 1 amide bonds. The zero-order valence-electron chi connectivity index (χ0n) is 12.4. The molecule has 22 heavy (non-hydrogen) atoms. The van der Waals surface area contributed by atoms with Crippen LogP contribution >= 0.6 is 11.3 Å². The summed E-state index contributed by atoms with van der Waals surface area (Å²) in [6.45, 7) is 2.37. The third-order valence-electron chi connectivity index (χ3n) is 3.50. The van der Waals surface area contributed by atoms with Crippen LogP contribution in [0.4, 0.5) is 0 Å². The predicted octanol–water partition coefficient (Wildman–Crippen LogP) is 0.759. The second-order valence-electron chi connectivity index (χ2n) is 5.14. The van der Waals surface area contributed by atoms with E-state index >= 15 is 0 Å². The van der Waals surface area contributed by atoms with Crippen molar-refractivity contribution in [3.05, 3.63) is 16.1 Å². The SMILES string of the molecule is Cc1ncsc1CCC(=O)NC1CCOCC1OCC(=O)O. The minimum Gasteiger partial charge on any atom is -0.480 e. The van der Waals surface area contributed by atoms with Gasteiger partial charge in [0.25, 0.3) is 0 Å². The molecule has 0 bridgehead atoms. The number of aliphatic carboxylic acids is 1. The van der Waals surface area contributed by atoms with Crippen LogP contribution in [-0.2, 0) is 25.5 Å². The van der Waals surface area contributed by atoms with Crippen molar-refractivity contribution in [2.24, 2.45) is 0 Å². The van der Waals surface area contributed by atoms with Crippen molar-refractivity contribution in [1.29, 1.82) is 0 Å². The molecule has 7 nitrogen and oxygen atoms in total. The monoisotopic (exact) mass is 328 g/mol. The van der Waals surface area contributed by atoms with Gasteiger partial charge in [0.2, 0.25) is 5.91 Å². The van der Waals surface area contributed by atoms with Gasteiger partial charge in [-0.2, -0.15) is 0 Å². The zero-order valence-corrected chi connectivity index (χ0v) is 13.2. The van der Waals surface area contributed by atoms with Crippen LogP contribution < -0.4 is 5.32 Å². The van der Waals surface area contributed by atoms with Crippen LogP contribution in [0.5, 0.6) is 0 Å². The number of hydrogen-bond acceptors (Lipinski definition) is 6. The van der Waals surface area contributed by atoms with E-state index in [0.717, 1.165) is 10.6 Å². The minimum absolute atomic E-state index is 0.0661. The molecule has 1 saturated heterocycles. The number of hydrogen-bond donors (Lipinski definition) is 2. The minimum atomic E-state index is -1.03. The largest absolute Gasteiger partial charge is 0.480 e. The van der Waals surface area contributed by atoms with Gasteiger partial charge in [0, 0.05) is 17.9 Å². The second kappa shape index (κ2) is 8.21. The van der Waals surface area contributed by atoms with E-state index in [2.05, 4.69) is 10.3 Å². The predicted molar refractivity (Wildman–Crippen MR) is 79.9 cm³/mol. The first kappa shape index (κ1) is 16.9. The fourth-order valence-corrected chi connectivity index (χ4v) is 3.07. The van der Waals surface area contributed by atoms with Gasteiger partial charge in [0.1, 0.15) is 12.7 Å². The molecule has 0 aromatic carbocycles. The van der Waals surface area contributed by atoms with Crippen molar-refractivity contribution in [3.8, 4) is 0 Å². The first-order valence-corrected chi connectivity index (χ1v) is 8.03. The van der Waals surface area contributed by atoms with E-state index in [0.29, 0.717) is 32.5 Å². The fourth-order valence-electron chi connectivity index (χ4n) is 2.29. The lowest BCUT2D eigenvalue weighted by Gasteiger charge is -2.31. The van der Waals surface area contributed by atoms with Crippen molar-refractivity contribution < 1.29 is 24.2 Å². The number of aryl methyl sites for hydroxylation is 2. The number of carbonyl (C=O) groups is 2. The van der Waals surface area contributed by atoms with E-state index in [1.165, 1.54) is 0 Å². The summed E-state index contributed by atoms with van der Waals surface area (Å²) in [6.07, 6.45) is 1.24. The van der Waals surface area contributed by atoms with Crippen LogP contribution in [0.3, 0.4) is 0 Å². The Kier molecular flexibility index (Phi) is 6.29. The maximum atomic E-state index is 12.1. The zero-order chi connectivity index (χ0) is 15.9. The first-order chi connectivity index (χ1) is 10.6. The molecule has 2 heterocycles. The normalized spacial score (nSPS) is 21.5. The van der Waals surface area contributed by atoms with Gasteiger partial charge >= 0.3 is 5.97 Å². The average Bonchev–Trinajstić information content (AvgIpc) is 2.89. The van der Waals surface area contributed by atoms with E-state index in [9.17, 15) is 9.59 Å². The number of rotatable bonds is 7. The number of carboxylic acids is 1. The lowest BCUT2D eigenvalue weighted by atomic mass is 10.1. The van der Waals surface area contributed by atoms with Crippen LogP contribution in [0.1, 0.15) is 23.4 Å². The van der Waals surface area contributed by atoms with Gasteiger partial charge in [0.15, 0.2) is 0 Å². The quantitative estimate of drug-likeness (QED) is 0.767. The number of carbonyl (C=O) groups excluding carboxylic acids is 1. The Morgan fingerprint density at radius 1 is 1.59 bits per heavy atom. The molecule has 122 valence electrons. The van der Waals surface area contributed by atoms with Crippen LogP contribution in [0.15, 0.2) is 5.51 Å². The highest BCUT2D eigenvalue weighted by molar-refractivity contribution is 7.09. The van der Waals surface area contributed by atoms with Crippen LogP contribution in [0, 0.1) is 6.92 Å². The Hall–Kier alpha value is -1.51. The number of nitrogens with zero attached hydrogens (tertiary/aromatic N) is 1. The Morgan fingerprint density at radius 3 is 3.09 bits per heavy atom. The van der Waals surface area contributed by atoms with Crippen molar-refractivity contribution in [2.75, 3.05) is 19.8 Å². The van der Waals surface area contributed by atoms with Crippen molar-refractivity contribution in [3.63, 3.8) is 0 Å². The van der Waals surface area contributed by atoms with Crippen LogP contribution in [-0.4, -0.2) is 53.9 Å². The molecule has 0 radical (unpaired) electrons. The highest BCUT2D eigenvalue weighted by Crippen LogP contribution is 2.15. The van der Waals surface area contributed by atoms with Crippen molar-refractivity contribution in [1.82, 2.24) is 10.3 Å². The molecule has 2 rings (SSSR count). The topological polar surface area (TPSA) is 97.8 Å². The van der Waals surface area contributed by atoms with Gasteiger partial charge in [-0.05, 0) is 19.8 Å². The molecule has 0 aliphatic carbocycles. The van der Waals surface area contributed by atoms with Crippen LogP contribution in [0.25, 0.3) is 0 Å². The number of amides is 1. The molecule has 1 aliphatic heterocycles. The Balaban J connectivity index is 1.80. The van der Waals surface area contributed by atoms with E-state index in [-0.39, 0.29) is 18.6 Å². The summed E-state index contributed by atoms with van der Waals surface area (Å²) < 4.78 is 10.6. The number of aromatic nitrogens is 1. The second-order valence-corrected chi connectivity index (χ2v) is 6.08. The van der Waals surface area contributed by atoms with Gasteiger partial charge in [-0.25, -0.2) is 9.78 Å². The summed E-state index contributed by atoms with van der Waals surface area (Å²) in [7, 11) is 0. The van der Waals surface area contributed by atoms with Gasteiger partial charge in [0.05, 0.1) is 23.9 Å². The summed E-state index contributed by atoms with van der Waals surface area (Å²) in [4.78, 5) is 27.9. The number of ether oxygens (including phenoxy) is 2. The van der Waals surface area contributed by atoms with E-state index < -0.39 is 12.1 Å². The molecule has 2 unspecified atom stereocenters. The molecule has 1 aromatic heterocycles. The molecular formula is C14H20N2O5S. The van der Waals surface area contributed by atoms with Gasteiger partial charge in [-0.3, -0.25) is 4.79 Å². The summed E-state index contributed by atoms with van der Waals surface area (Å²) in [6, 6.07) is -0.205. The molecule has 0 saturated carbocycles. The molecule has 0 spiro atoms. The maximum absolute atomic E-state index is 12.1. The van der Waals surface area contributed by atoms with Gasteiger partial charge in [-0.15, -0.1) is 11.3 Å². The molecule has 1 aromatic rings. The summed E-state index contributed by atoms with van der Waals surface area (Å²) >= 11 is 1.55. The third kappa shape index (κ3) is 5.04. The van der Waals surface area contributed by atoms with E-state index in [1.54, 1.807) is 16.8 Å². The molecule has 2 N–H and O–H groups in total. The van der Waals surface area contributed by atoms with Crippen molar-refractivity contribution in [2.45, 2.75) is 38.3 Å². The Morgan fingerprint density at radius 2 is 2.41 bits per heavy atom. The smallest absolute Gasteiger partial charge is 0.329 e. The molecular weight excluding hydrogens is 308 g/mol. The first-order valence-electron chi connectivity index (χ1n) is 7.15. The highest BCUT2D eigenvalue weighted by atomic mass is 32.1. The maximum Gasteiger partial charge on any atom is 0.329 e. The molecule has 8 heteroatoms. The van der Waals surface area contributed by atoms with Gasteiger partial charge in [-0.1, -0.05) is 0 Å². The lowest BCUT2D eigenvalue weighted by Crippen LogP contribution is -2.50. The van der Waals surface area contributed by atoms with E-state index in [1.807, 2.05) is 6.92 Å². The molecule has 1 aliphatic rings. The van der Waals surface area contributed by atoms with Crippen LogP contribution in [0.2, 0.25) is 0 Å². The number of carboxylic acid groups (broad SMARTS) is 1. The molecule has 1 fully saturated rings. The average molecular weight is 328 g/mol. The molecule has 2 atom stereocenters. The highest BCUT2D eigenvalue weighted by Gasteiger charge is 2.28. The summed E-state index contributed by atoms with van der Waals surface area (Å²) in [5, 5.41) is 11.6. The number of thiazole rings is 1. The van der Waals surface area contributed by atoms with Gasteiger partial charge < -0.3 is 19.9 Å². The standard InChI is InChI=1S/C14H20N2O5S/c1-9-12(22-8-15-9)2-3-13(17)16-10-4-5-20-6-11(10)21-7-14(18)19/h8,10-11H,2-7H2,1H3,(H,16,17)(H,18,19). The Labute approximate surface area is 132 Å². The third-order valence-corrected chi connectivity index (χ3v) is 4.49. The van der Waals surface area contributed by atoms with E-state index in [4.69, 9.17) is 14.6 Å². The Bertz CT molecular complexity index is 519.